The number of hydrogen-bond donors (Lipinski definition) is 3. The topological polar surface area (TPSA) is 101 Å². The Labute approximate surface area is 209 Å². The number of nitrogens with zero attached hydrogens (tertiary/aromatic N) is 5. The molecule has 6 rings (SSSR count). The van der Waals surface area contributed by atoms with E-state index in [4.69, 9.17) is 9.97 Å². The van der Waals surface area contributed by atoms with Crippen LogP contribution in [0.2, 0.25) is 0 Å². The highest BCUT2D eigenvalue weighted by Crippen LogP contribution is 2.41. The van der Waals surface area contributed by atoms with Gasteiger partial charge in [-0.25, -0.2) is 24.3 Å². The van der Waals surface area contributed by atoms with Gasteiger partial charge >= 0.3 is 0 Å². The zero-order valence-corrected chi connectivity index (χ0v) is 20.2. The van der Waals surface area contributed by atoms with Gasteiger partial charge in [-0.3, -0.25) is 4.98 Å². The summed E-state index contributed by atoms with van der Waals surface area (Å²) in [5, 5.41) is 11.3. The average Bonchev–Trinajstić information content (AvgIpc) is 2.86. The van der Waals surface area contributed by atoms with Crippen LogP contribution in [0.15, 0.2) is 49.1 Å². The summed E-state index contributed by atoms with van der Waals surface area (Å²) < 4.78 is 14.1. The fourth-order valence-corrected chi connectivity index (χ4v) is 5.01. The van der Waals surface area contributed by atoms with Crippen molar-refractivity contribution in [1.82, 2.24) is 30.2 Å². The van der Waals surface area contributed by atoms with Crippen LogP contribution in [-0.2, 0) is 0 Å². The summed E-state index contributed by atoms with van der Waals surface area (Å²) in [7, 11) is 0. The van der Waals surface area contributed by atoms with E-state index in [-0.39, 0.29) is 5.82 Å². The number of pyridine rings is 3. The molecule has 8 nitrogen and oxygen atoms in total. The Bertz CT molecular complexity index is 1390. The first-order valence-electron chi connectivity index (χ1n) is 12.6. The first-order chi connectivity index (χ1) is 17.7. The molecule has 0 bridgehead atoms. The molecule has 1 saturated heterocycles. The maximum absolute atomic E-state index is 14.1. The summed E-state index contributed by atoms with van der Waals surface area (Å²) in [5.74, 6) is 2.57. The standard InChI is InChI=1S/C27H29FN8/c1-16-13-29-10-8-21(16)33-27-24-19(17-4-2-5-17)14-30-15-22(24)34-25(36-27)18-7-11-31-23(12-18)35-26-20(28)6-3-9-32-26/h3,6-7,9,11-12,14-17,21,29H,2,4-5,8,10,13H2,1H3,(H,31,32,35)(H,33,34,36)/t16-,21-/m1/s1. The van der Waals surface area contributed by atoms with Gasteiger partial charge in [-0.15, -0.1) is 0 Å². The minimum atomic E-state index is -0.441. The van der Waals surface area contributed by atoms with Gasteiger partial charge in [-0.2, -0.15) is 0 Å². The van der Waals surface area contributed by atoms with Crippen LogP contribution in [-0.4, -0.2) is 44.1 Å². The average molecular weight is 485 g/mol. The van der Waals surface area contributed by atoms with Gasteiger partial charge in [0.2, 0.25) is 0 Å². The number of hydrogen-bond acceptors (Lipinski definition) is 8. The normalized spacial score (nSPS) is 20.2. The lowest BCUT2D eigenvalue weighted by molar-refractivity contribution is 0.368. The molecule has 4 aromatic heterocycles. The minimum absolute atomic E-state index is 0.123. The Balaban J connectivity index is 1.42. The van der Waals surface area contributed by atoms with E-state index in [1.165, 1.54) is 37.1 Å². The van der Waals surface area contributed by atoms with Crippen molar-refractivity contribution in [3.63, 3.8) is 0 Å². The molecule has 0 amide bonds. The van der Waals surface area contributed by atoms with E-state index in [2.05, 4.69) is 37.8 Å². The summed E-state index contributed by atoms with van der Waals surface area (Å²) in [6.07, 6.45) is 11.6. The monoisotopic (exact) mass is 484 g/mol. The summed E-state index contributed by atoms with van der Waals surface area (Å²) >= 11 is 0. The molecular weight excluding hydrogens is 455 g/mol. The Morgan fingerprint density at radius 2 is 1.94 bits per heavy atom. The lowest BCUT2D eigenvalue weighted by atomic mass is 9.79. The second kappa shape index (κ2) is 9.73. The second-order valence-electron chi connectivity index (χ2n) is 9.76. The number of aromatic nitrogens is 5. The highest BCUT2D eigenvalue weighted by Gasteiger charge is 2.27. The summed E-state index contributed by atoms with van der Waals surface area (Å²) in [5.41, 5.74) is 2.84. The molecule has 2 aliphatic rings. The Morgan fingerprint density at radius 3 is 2.75 bits per heavy atom. The number of rotatable bonds is 6. The SMILES string of the molecule is C[C@@H]1CNCC[C@H]1Nc1nc(-c2ccnc(Nc3ncccc3F)c2)nc2cncc(C3CCC3)c12. The molecule has 4 aromatic rings. The third-order valence-electron chi connectivity index (χ3n) is 7.31. The predicted octanol–water partition coefficient (Wildman–Crippen LogP) is 5.04. The van der Waals surface area contributed by atoms with E-state index in [1.54, 1.807) is 12.3 Å². The van der Waals surface area contributed by atoms with Crippen molar-refractivity contribution in [1.29, 1.82) is 0 Å². The Kier molecular flexibility index (Phi) is 6.14. The quantitative estimate of drug-likeness (QED) is 0.350. The first kappa shape index (κ1) is 22.7. The van der Waals surface area contributed by atoms with E-state index in [0.717, 1.165) is 41.8 Å². The van der Waals surface area contributed by atoms with Gasteiger partial charge in [0.25, 0.3) is 0 Å². The molecular formula is C27H29FN8. The van der Waals surface area contributed by atoms with Crippen LogP contribution >= 0.6 is 0 Å². The van der Waals surface area contributed by atoms with Gasteiger partial charge < -0.3 is 16.0 Å². The molecule has 184 valence electrons. The number of piperidine rings is 1. The first-order valence-corrected chi connectivity index (χ1v) is 12.6. The van der Waals surface area contributed by atoms with Crippen LogP contribution in [0, 0.1) is 11.7 Å². The smallest absolute Gasteiger partial charge is 0.167 e. The fourth-order valence-electron chi connectivity index (χ4n) is 5.01. The van der Waals surface area contributed by atoms with Crippen molar-refractivity contribution in [3.05, 3.63) is 60.4 Å². The van der Waals surface area contributed by atoms with Gasteiger partial charge in [0.15, 0.2) is 17.5 Å². The molecule has 1 aliphatic carbocycles. The van der Waals surface area contributed by atoms with Crippen LogP contribution in [0.4, 0.5) is 21.8 Å². The number of nitrogens with one attached hydrogen (secondary N) is 3. The molecule has 1 aliphatic heterocycles. The molecule has 9 heteroatoms. The number of anilines is 3. The van der Waals surface area contributed by atoms with Gasteiger partial charge in [-0.05, 0) is 74.0 Å². The highest BCUT2D eigenvalue weighted by molar-refractivity contribution is 5.93. The maximum Gasteiger partial charge on any atom is 0.167 e. The lowest BCUT2D eigenvalue weighted by Crippen LogP contribution is -2.42. The second-order valence-corrected chi connectivity index (χ2v) is 9.76. The molecule has 0 radical (unpaired) electrons. The van der Waals surface area contributed by atoms with E-state index in [9.17, 15) is 4.39 Å². The van der Waals surface area contributed by atoms with Gasteiger partial charge in [0.05, 0.1) is 11.7 Å². The minimum Gasteiger partial charge on any atom is -0.366 e. The molecule has 3 N–H and O–H groups in total. The van der Waals surface area contributed by atoms with Crippen LogP contribution in [0.5, 0.6) is 0 Å². The third kappa shape index (κ3) is 4.46. The highest BCUT2D eigenvalue weighted by atomic mass is 19.1. The molecule has 2 atom stereocenters. The Morgan fingerprint density at radius 1 is 1.03 bits per heavy atom. The van der Waals surface area contributed by atoms with Crippen LogP contribution in [0.1, 0.15) is 44.1 Å². The van der Waals surface area contributed by atoms with Crippen molar-refractivity contribution in [2.45, 2.75) is 44.6 Å². The van der Waals surface area contributed by atoms with Crippen LogP contribution in [0.25, 0.3) is 22.3 Å². The van der Waals surface area contributed by atoms with E-state index in [1.807, 2.05) is 24.5 Å². The predicted molar refractivity (Wildman–Crippen MR) is 139 cm³/mol. The van der Waals surface area contributed by atoms with Crippen molar-refractivity contribution < 1.29 is 4.39 Å². The van der Waals surface area contributed by atoms with Crippen LogP contribution < -0.4 is 16.0 Å². The largest absolute Gasteiger partial charge is 0.366 e. The summed E-state index contributed by atoms with van der Waals surface area (Å²) in [4.78, 5) is 22.9. The molecule has 5 heterocycles. The lowest BCUT2D eigenvalue weighted by Gasteiger charge is -2.32. The van der Waals surface area contributed by atoms with Gasteiger partial charge in [0.1, 0.15) is 11.6 Å². The summed E-state index contributed by atoms with van der Waals surface area (Å²) in [6, 6.07) is 6.91. The number of halogens is 1. The summed E-state index contributed by atoms with van der Waals surface area (Å²) in [6.45, 7) is 4.23. The molecule has 0 unspecified atom stereocenters. The van der Waals surface area contributed by atoms with Gasteiger partial charge in [0, 0.05) is 35.6 Å². The van der Waals surface area contributed by atoms with Crippen molar-refractivity contribution in [2.75, 3.05) is 23.7 Å². The van der Waals surface area contributed by atoms with Crippen molar-refractivity contribution in [3.8, 4) is 11.4 Å². The number of fused-ring (bicyclic) bond motifs is 1. The molecule has 0 aromatic carbocycles. The molecule has 36 heavy (non-hydrogen) atoms. The van der Waals surface area contributed by atoms with Gasteiger partial charge in [-0.1, -0.05) is 13.3 Å². The zero-order chi connectivity index (χ0) is 24.5. The maximum atomic E-state index is 14.1. The van der Waals surface area contributed by atoms with E-state index < -0.39 is 5.82 Å². The third-order valence-corrected chi connectivity index (χ3v) is 7.31. The van der Waals surface area contributed by atoms with Crippen molar-refractivity contribution in [2.24, 2.45) is 5.92 Å². The molecule has 1 saturated carbocycles. The molecule has 2 fully saturated rings. The fraction of sp³-hybridized carbons (Fsp3) is 0.370. The Hall–Kier alpha value is -3.72. The van der Waals surface area contributed by atoms with Crippen molar-refractivity contribution >= 4 is 28.4 Å². The van der Waals surface area contributed by atoms with E-state index >= 15 is 0 Å². The molecule has 0 spiro atoms. The zero-order valence-electron chi connectivity index (χ0n) is 20.2. The van der Waals surface area contributed by atoms with Crippen LogP contribution in [0.3, 0.4) is 0 Å². The van der Waals surface area contributed by atoms with E-state index in [0.29, 0.717) is 29.5 Å².